The number of hydrogen-bond acceptors (Lipinski definition) is 5. The van der Waals surface area contributed by atoms with Gasteiger partial charge in [-0.05, 0) is 32.3 Å². The molecule has 0 aromatic carbocycles. The first-order chi connectivity index (χ1) is 9.33. The summed E-state index contributed by atoms with van der Waals surface area (Å²) in [6.07, 6.45) is 9.96. The normalized spacial score (nSPS) is 19.6. The van der Waals surface area contributed by atoms with Crippen molar-refractivity contribution in [3.63, 3.8) is 0 Å². The Morgan fingerprint density at radius 3 is 3.00 bits per heavy atom. The number of piperidine rings is 1. The lowest BCUT2D eigenvalue weighted by atomic mass is 10.0. The smallest absolute Gasteiger partial charge is 0.329 e. The average molecular weight is 261 g/mol. The van der Waals surface area contributed by atoms with E-state index in [9.17, 15) is 4.79 Å². The van der Waals surface area contributed by atoms with E-state index in [1.54, 1.807) is 18.5 Å². The molecule has 2 heterocycles. The van der Waals surface area contributed by atoms with E-state index in [1.807, 2.05) is 24.0 Å². The van der Waals surface area contributed by atoms with Gasteiger partial charge in [-0.2, -0.15) is 0 Å². The molecule has 0 aliphatic carbocycles. The monoisotopic (exact) mass is 261 g/mol. The van der Waals surface area contributed by atoms with Crippen molar-refractivity contribution < 1.29 is 9.53 Å². The van der Waals surface area contributed by atoms with Gasteiger partial charge in [-0.15, -0.1) is 0 Å². The minimum Gasteiger partial charge on any atom is -0.460 e. The van der Waals surface area contributed by atoms with Crippen LogP contribution >= 0.6 is 0 Å². The van der Waals surface area contributed by atoms with Crippen molar-refractivity contribution in [2.45, 2.75) is 32.2 Å². The van der Waals surface area contributed by atoms with Crippen LogP contribution in [0.4, 0.5) is 5.95 Å². The molecule has 1 aromatic rings. The van der Waals surface area contributed by atoms with Gasteiger partial charge in [0, 0.05) is 18.9 Å². The Balaban J connectivity index is 2.05. The van der Waals surface area contributed by atoms with Crippen LogP contribution in [0.15, 0.2) is 30.6 Å². The van der Waals surface area contributed by atoms with Crippen LogP contribution in [0.25, 0.3) is 0 Å². The molecule has 0 radical (unpaired) electrons. The number of esters is 1. The lowest BCUT2D eigenvalue weighted by molar-refractivity contribution is -0.144. The molecule has 5 nitrogen and oxygen atoms in total. The maximum absolute atomic E-state index is 12.1. The minimum absolute atomic E-state index is 0.190. The Morgan fingerprint density at radius 2 is 2.26 bits per heavy atom. The molecule has 0 amide bonds. The molecule has 5 heteroatoms. The standard InChI is InChI=1S/C14H19N3O2/c1-2-3-11-19-13(18)12-7-4-5-10-17(12)14-15-8-6-9-16-14/h2-3,6,8-9,12H,4-5,7,10-11H2,1H3/b3-2+. The number of aromatic nitrogens is 2. The maximum atomic E-state index is 12.1. The Bertz CT molecular complexity index is 434. The van der Waals surface area contributed by atoms with Gasteiger partial charge in [0.15, 0.2) is 0 Å². The first-order valence-corrected chi connectivity index (χ1v) is 6.64. The molecule has 1 aliphatic rings. The molecular formula is C14H19N3O2. The van der Waals surface area contributed by atoms with Crippen molar-refractivity contribution in [1.82, 2.24) is 9.97 Å². The highest BCUT2D eigenvalue weighted by Gasteiger charge is 2.31. The van der Waals surface area contributed by atoms with Crippen LogP contribution < -0.4 is 4.90 Å². The van der Waals surface area contributed by atoms with E-state index >= 15 is 0 Å². The molecule has 2 rings (SSSR count). The molecule has 1 atom stereocenters. The van der Waals surface area contributed by atoms with Gasteiger partial charge in [-0.25, -0.2) is 14.8 Å². The molecular weight excluding hydrogens is 242 g/mol. The summed E-state index contributed by atoms with van der Waals surface area (Å²) >= 11 is 0. The van der Waals surface area contributed by atoms with Crippen molar-refractivity contribution in [1.29, 1.82) is 0 Å². The van der Waals surface area contributed by atoms with Crippen LogP contribution in [0.3, 0.4) is 0 Å². The highest BCUT2D eigenvalue weighted by atomic mass is 16.5. The predicted molar refractivity (Wildman–Crippen MR) is 72.8 cm³/mol. The first-order valence-electron chi connectivity index (χ1n) is 6.64. The minimum atomic E-state index is -0.263. The topological polar surface area (TPSA) is 55.3 Å². The molecule has 1 unspecified atom stereocenters. The fraction of sp³-hybridized carbons (Fsp3) is 0.500. The Kier molecular flexibility index (Phi) is 4.89. The molecule has 1 fully saturated rings. The van der Waals surface area contributed by atoms with Gasteiger partial charge in [0.1, 0.15) is 12.6 Å². The van der Waals surface area contributed by atoms with Crippen LogP contribution in [-0.2, 0) is 9.53 Å². The van der Waals surface area contributed by atoms with Gasteiger partial charge in [0.25, 0.3) is 0 Å². The van der Waals surface area contributed by atoms with Gasteiger partial charge >= 0.3 is 5.97 Å². The SMILES string of the molecule is C/C=C/COC(=O)C1CCCCN1c1ncccn1. The number of hydrogen-bond donors (Lipinski definition) is 0. The summed E-state index contributed by atoms with van der Waals surface area (Å²) in [6, 6.07) is 1.51. The highest BCUT2D eigenvalue weighted by Crippen LogP contribution is 2.22. The average Bonchev–Trinajstić information content (AvgIpc) is 2.48. The van der Waals surface area contributed by atoms with Gasteiger partial charge in [0.2, 0.25) is 5.95 Å². The molecule has 0 saturated carbocycles. The third-order valence-corrected chi connectivity index (χ3v) is 3.14. The van der Waals surface area contributed by atoms with Crippen LogP contribution in [0, 0.1) is 0 Å². The van der Waals surface area contributed by atoms with E-state index in [0.717, 1.165) is 25.8 Å². The van der Waals surface area contributed by atoms with Crippen LogP contribution in [0.5, 0.6) is 0 Å². The van der Waals surface area contributed by atoms with E-state index < -0.39 is 0 Å². The Morgan fingerprint density at radius 1 is 1.47 bits per heavy atom. The number of ether oxygens (including phenoxy) is 1. The number of carbonyl (C=O) groups is 1. The number of nitrogens with zero attached hydrogens (tertiary/aromatic N) is 3. The summed E-state index contributed by atoms with van der Waals surface area (Å²) in [4.78, 5) is 22.5. The van der Waals surface area contributed by atoms with Crippen molar-refractivity contribution in [3.05, 3.63) is 30.6 Å². The van der Waals surface area contributed by atoms with Crippen molar-refractivity contribution in [2.24, 2.45) is 0 Å². The second-order valence-corrected chi connectivity index (χ2v) is 4.45. The van der Waals surface area contributed by atoms with Gasteiger partial charge in [0.05, 0.1) is 0 Å². The second kappa shape index (κ2) is 6.87. The first kappa shape index (κ1) is 13.5. The van der Waals surface area contributed by atoms with Gasteiger partial charge in [-0.1, -0.05) is 12.2 Å². The summed E-state index contributed by atoms with van der Waals surface area (Å²) in [7, 11) is 0. The number of carbonyl (C=O) groups excluding carboxylic acids is 1. The lowest BCUT2D eigenvalue weighted by Gasteiger charge is -2.33. The molecule has 0 bridgehead atoms. The zero-order chi connectivity index (χ0) is 13.5. The van der Waals surface area contributed by atoms with Gasteiger partial charge < -0.3 is 9.64 Å². The summed E-state index contributed by atoms with van der Waals surface area (Å²) in [5.74, 6) is 0.417. The van der Waals surface area contributed by atoms with E-state index in [1.165, 1.54) is 0 Å². The van der Waals surface area contributed by atoms with Crippen molar-refractivity contribution in [3.8, 4) is 0 Å². The molecule has 1 aliphatic heterocycles. The summed E-state index contributed by atoms with van der Waals surface area (Å²) in [6.45, 7) is 3.03. The molecule has 102 valence electrons. The number of allylic oxidation sites excluding steroid dienone is 1. The lowest BCUT2D eigenvalue weighted by Crippen LogP contribution is -2.46. The van der Waals surface area contributed by atoms with Gasteiger partial charge in [-0.3, -0.25) is 0 Å². The predicted octanol–water partition coefficient (Wildman–Crippen LogP) is 1.95. The molecule has 19 heavy (non-hydrogen) atoms. The third kappa shape index (κ3) is 3.53. The fourth-order valence-electron chi connectivity index (χ4n) is 2.18. The number of anilines is 1. The molecule has 1 aromatic heterocycles. The zero-order valence-electron chi connectivity index (χ0n) is 11.2. The fourth-order valence-corrected chi connectivity index (χ4v) is 2.18. The highest BCUT2D eigenvalue weighted by molar-refractivity contribution is 5.79. The van der Waals surface area contributed by atoms with E-state index in [4.69, 9.17) is 4.74 Å². The van der Waals surface area contributed by atoms with E-state index in [-0.39, 0.29) is 12.0 Å². The Hall–Kier alpha value is -1.91. The van der Waals surface area contributed by atoms with E-state index in [0.29, 0.717) is 12.6 Å². The van der Waals surface area contributed by atoms with Crippen LogP contribution in [-0.4, -0.2) is 35.1 Å². The summed E-state index contributed by atoms with van der Waals surface area (Å²) in [5, 5.41) is 0. The molecule has 1 saturated heterocycles. The Labute approximate surface area is 113 Å². The third-order valence-electron chi connectivity index (χ3n) is 3.14. The van der Waals surface area contributed by atoms with Crippen molar-refractivity contribution in [2.75, 3.05) is 18.1 Å². The van der Waals surface area contributed by atoms with E-state index in [2.05, 4.69) is 9.97 Å². The quantitative estimate of drug-likeness (QED) is 0.612. The summed E-state index contributed by atoms with van der Waals surface area (Å²) < 4.78 is 5.25. The molecule has 0 N–H and O–H groups in total. The summed E-state index contributed by atoms with van der Waals surface area (Å²) in [5.41, 5.74) is 0. The van der Waals surface area contributed by atoms with Crippen molar-refractivity contribution >= 4 is 11.9 Å². The second-order valence-electron chi connectivity index (χ2n) is 4.45. The molecule has 0 spiro atoms. The van der Waals surface area contributed by atoms with Crippen LogP contribution in [0.2, 0.25) is 0 Å². The zero-order valence-corrected chi connectivity index (χ0v) is 11.2. The largest absolute Gasteiger partial charge is 0.460 e. The number of rotatable bonds is 4. The van der Waals surface area contributed by atoms with Crippen LogP contribution in [0.1, 0.15) is 26.2 Å². The maximum Gasteiger partial charge on any atom is 0.329 e.